The number of nitrogens with one attached hydrogen (secondary N) is 1. The highest BCUT2D eigenvalue weighted by Gasteiger charge is 2.11. The number of hydrogen-bond acceptors (Lipinski definition) is 3. The summed E-state index contributed by atoms with van der Waals surface area (Å²) in [5, 5.41) is 3.43. The molecule has 0 spiro atoms. The molecule has 4 heteroatoms. The topological polar surface area (TPSA) is 38.3 Å². The van der Waals surface area contributed by atoms with E-state index >= 15 is 0 Å². The molecule has 0 unspecified atom stereocenters. The summed E-state index contributed by atoms with van der Waals surface area (Å²) in [4.78, 5) is 11.6. The maximum Gasteiger partial charge on any atom is 0.338 e. The maximum absolute atomic E-state index is 11.6. The number of benzene rings is 1. The van der Waals surface area contributed by atoms with Gasteiger partial charge in [-0.25, -0.2) is 4.79 Å². The molecule has 0 saturated carbocycles. The Morgan fingerprint density at radius 3 is 1.82 bits per heavy atom. The summed E-state index contributed by atoms with van der Waals surface area (Å²) < 4.78 is 5.00. The first-order valence-corrected chi connectivity index (χ1v) is 15.1. The van der Waals surface area contributed by atoms with Gasteiger partial charge in [0.15, 0.2) is 0 Å². The Labute approximate surface area is 174 Å². The SMILES string of the molecule is CCOC(=O)c1ccc(NCCCCCCCCCCCC[Si](C)(C)C)cc1. The zero-order valence-electron chi connectivity index (χ0n) is 18.8. The van der Waals surface area contributed by atoms with E-state index in [0.717, 1.165) is 12.2 Å². The molecular weight excluding hydrogens is 362 g/mol. The number of hydrogen-bond donors (Lipinski definition) is 1. The van der Waals surface area contributed by atoms with Gasteiger partial charge in [0.05, 0.1) is 12.2 Å². The molecule has 0 bridgehead atoms. The zero-order valence-corrected chi connectivity index (χ0v) is 19.8. The lowest BCUT2D eigenvalue weighted by atomic mass is 10.1. The second-order valence-corrected chi connectivity index (χ2v) is 14.7. The Bertz CT molecular complexity index is 522. The Kier molecular flexibility index (Phi) is 13.0. The fraction of sp³-hybridized carbons (Fsp3) is 0.708. The molecule has 3 nitrogen and oxygen atoms in total. The number of carbonyl (C=O) groups is 1. The van der Waals surface area contributed by atoms with Crippen molar-refractivity contribution in [2.24, 2.45) is 0 Å². The van der Waals surface area contributed by atoms with Crippen LogP contribution in [0.4, 0.5) is 5.69 Å². The Morgan fingerprint density at radius 2 is 1.32 bits per heavy atom. The molecule has 0 radical (unpaired) electrons. The van der Waals surface area contributed by atoms with Gasteiger partial charge in [0.25, 0.3) is 0 Å². The van der Waals surface area contributed by atoms with Crippen molar-refractivity contribution in [2.45, 2.75) is 96.8 Å². The van der Waals surface area contributed by atoms with Crippen LogP contribution in [0.3, 0.4) is 0 Å². The van der Waals surface area contributed by atoms with Crippen LogP contribution < -0.4 is 5.32 Å². The van der Waals surface area contributed by atoms with Crippen LogP contribution in [-0.2, 0) is 4.74 Å². The number of anilines is 1. The van der Waals surface area contributed by atoms with Crippen molar-refractivity contribution in [1.82, 2.24) is 0 Å². The molecule has 1 N–H and O–H groups in total. The highest BCUT2D eigenvalue weighted by Crippen LogP contribution is 2.16. The van der Waals surface area contributed by atoms with Crippen LogP contribution in [0.5, 0.6) is 0 Å². The summed E-state index contributed by atoms with van der Waals surface area (Å²) in [5.41, 5.74) is 1.69. The van der Waals surface area contributed by atoms with Gasteiger partial charge >= 0.3 is 5.97 Å². The molecule has 160 valence electrons. The van der Waals surface area contributed by atoms with Crippen molar-refractivity contribution in [1.29, 1.82) is 0 Å². The Hall–Kier alpha value is -1.29. The lowest BCUT2D eigenvalue weighted by Gasteiger charge is -2.14. The third-order valence-corrected chi connectivity index (χ3v) is 6.93. The molecule has 0 fully saturated rings. The third-order valence-electron chi connectivity index (χ3n) is 5.08. The summed E-state index contributed by atoms with van der Waals surface area (Å²) in [6, 6.07) is 9.05. The quantitative estimate of drug-likeness (QED) is 0.176. The van der Waals surface area contributed by atoms with Crippen molar-refractivity contribution in [3.63, 3.8) is 0 Å². The predicted molar refractivity (Wildman–Crippen MR) is 125 cm³/mol. The monoisotopic (exact) mass is 405 g/mol. The summed E-state index contributed by atoms with van der Waals surface area (Å²) >= 11 is 0. The fourth-order valence-corrected chi connectivity index (χ4v) is 4.68. The number of rotatable bonds is 16. The Balaban J connectivity index is 1.92. The highest BCUT2D eigenvalue weighted by molar-refractivity contribution is 6.76. The van der Waals surface area contributed by atoms with Crippen LogP contribution in [0.2, 0.25) is 25.7 Å². The molecular formula is C24H43NO2Si. The smallest absolute Gasteiger partial charge is 0.338 e. The minimum Gasteiger partial charge on any atom is -0.462 e. The first-order chi connectivity index (χ1) is 13.4. The van der Waals surface area contributed by atoms with E-state index in [0.29, 0.717) is 12.2 Å². The van der Waals surface area contributed by atoms with Crippen molar-refractivity contribution >= 4 is 19.7 Å². The molecule has 1 aromatic rings. The molecule has 0 saturated heterocycles. The van der Waals surface area contributed by atoms with Crippen LogP contribution in [0.1, 0.15) is 81.5 Å². The lowest BCUT2D eigenvalue weighted by Crippen LogP contribution is -2.18. The van der Waals surface area contributed by atoms with Crippen molar-refractivity contribution in [3.05, 3.63) is 29.8 Å². The molecule has 0 atom stereocenters. The van der Waals surface area contributed by atoms with Gasteiger partial charge in [-0.3, -0.25) is 0 Å². The lowest BCUT2D eigenvalue weighted by molar-refractivity contribution is 0.0526. The summed E-state index contributed by atoms with van der Waals surface area (Å²) in [6.45, 7) is 10.7. The van der Waals surface area contributed by atoms with E-state index in [1.54, 1.807) is 0 Å². The van der Waals surface area contributed by atoms with E-state index in [2.05, 4.69) is 25.0 Å². The molecule has 0 heterocycles. The minimum atomic E-state index is -0.810. The Morgan fingerprint density at radius 1 is 0.821 bits per heavy atom. The molecule has 0 aliphatic heterocycles. The summed E-state index contributed by atoms with van der Waals surface area (Å²) in [6.07, 6.45) is 13.8. The molecule has 28 heavy (non-hydrogen) atoms. The average molecular weight is 406 g/mol. The molecule has 1 aromatic carbocycles. The first kappa shape index (κ1) is 24.7. The van der Waals surface area contributed by atoms with E-state index in [-0.39, 0.29) is 5.97 Å². The van der Waals surface area contributed by atoms with Crippen LogP contribution >= 0.6 is 0 Å². The van der Waals surface area contributed by atoms with E-state index in [9.17, 15) is 4.79 Å². The fourth-order valence-electron chi connectivity index (χ4n) is 3.37. The normalized spacial score (nSPS) is 11.4. The zero-order chi connectivity index (χ0) is 20.7. The summed E-state index contributed by atoms with van der Waals surface area (Å²) in [5.74, 6) is -0.249. The number of unbranched alkanes of at least 4 members (excludes halogenated alkanes) is 9. The van der Waals surface area contributed by atoms with Gasteiger partial charge in [-0.1, -0.05) is 83.5 Å². The molecule has 0 amide bonds. The van der Waals surface area contributed by atoms with E-state index in [4.69, 9.17) is 4.74 Å². The van der Waals surface area contributed by atoms with Gasteiger partial charge in [-0.15, -0.1) is 0 Å². The molecule has 0 aromatic heterocycles. The van der Waals surface area contributed by atoms with Gasteiger partial charge < -0.3 is 10.1 Å². The maximum atomic E-state index is 11.6. The predicted octanol–water partition coefficient (Wildman–Crippen LogP) is 7.51. The van der Waals surface area contributed by atoms with Gasteiger partial charge in [-0.05, 0) is 37.6 Å². The minimum absolute atomic E-state index is 0.249. The third kappa shape index (κ3) is 13.0. The number of ether oxygens (including phenoxy) is 1. The van der Waals surface area contributed by atoms with Gasteiger partial charge in [-0.2, -0.15) is 0 Å². The number of esters is 1. The second-order valence-electron chi connectivity index (χ2n) is 9.07. The summed E-state index contributed by atoms with van der Waals surface area (Å²) in [7, 11) is -0.810. The van der Waals surface area contributed by atoms with Gasteiger partial charge in [0.2, 0.25) is 0 Å². The first-order valence-electron chi connectivity index (χ1n) is 11.4. The van der Waals surface area contributed by atoms with E-state index in [1.807, 2.05) is 31.2 Å². The van der Waals surface area contributed by atoms with Crippen molar-refractivity contribution < 1.29 is 9.53 Å². The van der Waals surface area contributed by atoms with E-state index in [1.165, 1.54) is 70.3 Å². The second kappa shape index (κ2) is 14.7. The van der Waals surface area contributed by atoms with Gasteiger partial charge in [0, 0.05) is 20.3 Å². The molecule has 0 aliphatic carbocycles. The highest BCUT2D eigenvalue weighted by atomic mass is 28.3. The average Bonchev–Trinajstić information content (AvgIpc) is 2.65. The molecule has 1 rings (SSSR count). The van der Waals surface area contributed by atoms with Crippen LogP contribution in [0.15, 0.2) is 24.3 Å². The van der Waals surface area contributed by atoms with Crippen molar-refractivity contribution in [3.8, 4) is 0 Å². The van der Waals surface area contributed by atoms with Gasteiger partial charge in [0.1, 0.15) is 0 Å². The van der Waals surface area contributed by atoms with Crippen LogP contribution in [0.25, 0.3) is 0 Å². The van der Waals surface area contributed by atoms with Crippen molar-refractivity contribution in [2.75, 3.05) is 18.5 Å². The number of carbonyl (C=O) groups excluding carboxylic acids is 1. The largest absolute Gasteiger partial charge is 0.462 e. The van der Waals surface area contributed by atoms with E-state index < -0.39 is 8.07 Å². The molecule has 0 aliphatic rings. The van der Waals surface area contributed by atoms with Crippen LogP contribution in [0, 0.1) is 0 Å². The van der Waals surface area contributed by atoms with Crippen LogP contribution in [-0.4, -0.2) is 27.2 Å². The standard InChI is InChI=1S/C24H43NO2Si/c1-5-27-24(26)22-16-18-23(19-17-22)25-20-14-12-10-8-6-7-9-11-13-15-21-28(2,3)4/h16-19,25H,5-15,20-21H2,1-4H3.